The standard InChI is InChI=1S/C11H20N2S/c1-10(8-12-11-2-3-11)9-13-4-6-14-7-5-13/h11-12H,1-9H2. The van der Waals surface area contributed by atoms with Crippen molar-refractivity contribution in [3.8, 4) is 0 Å². The zero-order valence-electron chi connectivity index (χ0n) is 8.80. The molecule has 1 heterocycles. The highest BCUT2D eigenvalue weighted by atomic mass is 32.2. The normalized spacial score (nSPS) is 23.7. The van der Waals surface area contributed by atoms with Gasteiger partial charge in [-0.2, -0.15) is 11.8 Å². The summed E-state index contributed by atoms with van der Waals surface area (Å²) in [6, 6.07) is 0.809. The van der Waals surface area contributed by atoms with Crippen molar-refractivity contribution in [1.82, 2.24) is 10.2 Å². The van der Waals surface area contributed by atoms with Crippen LogP contribution in [0, 0.1) is 0 Å². The monoisotopic (exact) mass is 212 g/mol. The molecule has 1 aliphatic heterocycles. The molecular formula is C11H20N2S. The van der Waals surface area contributed by atoms with E-state index >= 15 is 0 Å². The van der Waals surface area contributed by atoms with Crippen LogP contribution in [0.2, 0.25) is 0 Å². The van der Waals surface area contributed by atoms with Gasteiger partial charge in [0.2, 0.25) is 0 Å². The van der Waals surface area contributed by atoms with Crippen LogP contribution in [0.5, 0.6) is 0 Å². The summed E-state index contributed by atoms with van der Waals surface area (Å²) in [7, 11) is 0. The van der Waals surface area contributed by atoms with E-state index in [1.807, 2.05) is 0 Å². The van der Waals surface area contributed by atoms with E-state index in [-0.39, 0.29) is 0 Å². The SMILES string of the molecule is C=C(CNC1CC1)CN1CCSCC1. The molecule has 0 radical (unpaired) electrons. The number of hydrogen-bond acceptors (Lipinski definition) is 3. The summed E-state index contributed by atoms with van der Waals surface area (Å²) in [5, 5.41) is 3.51. The summed E-state index contributed by atoms with van der Waals surface area (Å²) in [4.78, 5) is 2.52. The van der Waals surface area contributed by atoms with Crippen molar-refractivity contribution in [1.29, 1.82) is 0 Å². The first-order valence-corrected chi connectivity index (χ1v) is 6.70. The Morgan fingerprint density at radius 3 is 2.71 bits per heavy atom. The lowest BCUT2D eigenvalue weighted by atomic mass is 10.2. The van der Waals surface area contributed by atoms with Crippen LogP contribution >= 0.6 is 11.8 Å². The van der Waals surface area contributed by atoms with Crippen LogP contribution in [0.1, 0.15) is 12.8 Å². The lowest BCUT2D eigenvalue weighted by Gasteiger charge is -2.26. The van der Waals surface area contributed by atoms with Crippen molar-refractivity contribution < 1.29 is 0 Å². The highest BCUT2D eigenvalue weighted by Gasteiger charge is 2.20. The Bertz CT molecular complexity index is 195. The van der Waals surface area contributed by atoms with Gasteiger partial charge in [0.05, 0.1) is 0 Å². The van der Waals surface area contributed by atoms with Gasteiger partial charge in [-0.3, -0.25) is 4.90 Å². The van der Waals surface area contributed by atoms with Gasteiger partial charge in [-0.1, -0.05) is 6.58 Å². The number of nitrogens with one attached hydrogen (secondary N) is 1. The molecule has 1 saturated heterocycles. The maximum atomic E-state index is 4.14. The van der Waals surface area contributed by atoms with Crippen molar-refractivity contribution >= 4 is 11.8 Å². The van der Waals surface area contributed by atoms with Crippen molar-refractivity contribution in [3.05, 3.63) is 12.2 Å². The summed E-state index contributed by atoms with van der Waals surface area (Å²) in [5.41, 5.74) is 1.35. The van der Waals surface area contributed by atoms with E-state index in [9.17, 15) is 0 Å². The van der Waals surface area contributed by atoms with E-state index in [0.29, 0.717) is 0 Å². The second-order valence-electron chi connectivity index (χ2n) is 4.29. The van der Waals surface area contributed by atoms with Gasteiger partial charge in [-0.25, -0.2) is 0 Å². The van der Waals surface area contributed by atoms with Crippen LogP contribution in [-0.2, 0) is 0 Å². The summed E-state index contributed by atoms with van der Waals surface area (Å²) in [5.74, 6) is 2.59. The third kappa shape index (κ3) is 3.64. The Balaban J connectivity index is 1.59. The van der Waals surface area contributed by atoms with Crippen LogP contribution in [-0.4, -0.2) is 48.6 Å². The van der Waals surface area contributed by atoms with Crippen LogP contribution in [0.15, 0.2) is 12.2 Å². The molecule has 14 heavy (non-hydrogen) atoms. The number of thioether (sulfide) groups is 1. The highest BCUT2D eigenvalue weighted by molar-refractivity contribution is 7.99. The Kier molecular flexibility index (Phi) is 3.90. The molecule has 0 spiro atoms. The Morgan fingerprint density at radius 1 is 1.36 bits per heavy atom. The first-order valence-electron chi connectivity index (χ1n) is 5.55. The second kappa shape index (κ2) is 5.19. The molecule has 80 valence electrons. The predicted octanol–water partition coefficient (Wildman–Crippen LogP) is 1.34. The highest BCUT2D eigenvalue weighted by Crippen LogP contribution is 2.18. The zero-order valence-corrected chi connectivity index (χ0v) is 9.61. The summed E-state index contributed by atoms with van der Waals surface area (Å²) >= 11 is 2.07. The van der Waals surface area contributed by atoms with Gasteiger partial charge in [0.25, 0.3) is 0 Å². The van der Waals surface area contributed by atoms with E-state index in [0.717, 1.165) is 19.1 Å². The molecule has 1 aliphatic carbocycles. The third-order valence-corrected chi connectivity index (χ3v) is 3.71. The number of hydrogen-bond donors (Lipinski definition) is 1. The molecule has 0 bridgehead atoms. The fraction of sp³-hybridized carbons (Fsp3) is 0.818. The second-order valence-corrected chi connectivity index (χ2v) is 5.52. The summed E-state index contributed by atoms with van der Waals surface area (Å²) in [6.07, 6.45) is 2.74. The summed E-state index contributed by atoms with van der Waals surface area (Å²) < 4.78 is 0. The predicted molar refractivity (Wildman–Crippen MR) is 63.9 cm³/mol. The van der Waals surface area contributed by atoms with Gasteiger partial charge in [-0.05, 0) is 18.4 Å². The van der Waals surface area contributed by atoms with Crippen molar-refractivity contribution in [3.63, 3.8) is 0 Å². The summed E-state index contributed by atoms with van der Waals surface area (Å²) in [6.45, 7) is 8.74. The smallest absolute Gasteiger partial charge is 0.0203 e. The quantitative estimate of drug-likeness (QED) is 0.693. The maximum absolute atomic E-state index is 4.14. The Morgan fingerprint density at radius 2 is 2.07 bits per heavy atom. The Hall–Kier alpha value is 0.0100. The van der Waals surface area contributed by atoms with Crippen LogP contribution in [0.4, 0.5) is 0 Å². The zero-order chi connectivity index (χ0) is 9.80. The molecule has 0 atom stereocenters. The fourth-order valence-corrected chi connectivity index (χ4v) is 2.69. The van der Waals surface area contributed by atoms with Gasteiger partial charge in [0.1, 0.15) is 0 Å². The number of nitrogens with zero attached hydrogens (tertiary/aromatic N) is 1. The van der Waals surface area contributed by atoms with Gasteiger partial charge >= 0.3 is 0 Å². The maximum Gasteiger partial charge on any atom is 0.0203 e. The average Bonchev–Trinajstić information content (AvgIpc) is 3.00. The topological polar surface area (TPSA) is 15.3 Å². The lowest BCUT2D eigenvalue weighted by Crippen LogP contribution is -2.35. The van der Waals surface area contributed by atoms with E-state index in [1.54, 1.807) is 0 Å². The van der Waals surface area contributed by atoms with E-state index in [2.05, 4.69) is 28.6 Å². The molecule has 2 aliphatic rings. The molecule has 3 heteroatoms. The van der Waals surface area contributed by atoms with Gasteiger partial charge in [-0.15, -0.1) is 0 Å². The Labute approximate surface area is 91.1 Å². The average molecular weight is 212 g/mol. The van der Waals surface area contributed by atoms with E-state index < -0.39 is 0 Å². The van der Waals surface area contributed by atoms with E-state index in [1.165, 1.54) is 43.0 Å². The number of rotatable bonds is 5. The fourth-order valence-electron chi connectivity index (χ4n) is 1.71. The van der Waals surface area contributed by atoms with Gasteiger partial charge < -0.3 is 5.32 Å². The van der Waals surface area contributed by atoms with Crippen molar-refractivity contribution in [2.45, 2.75) is 18.9 Å². The van der Waals surface area contributed by atoms with Crippen LogP contribution < -0.4 is 5.32 Å². The van der Waals surface area contributed by atoms with Gasteiger partial charge in [0.15, 0.2) is 0 Å². The molecule has 2 rings (SSSR count). The molecule has 1 N–H and O–H groups in total. The lowest BCUT2D eigenvalue weighted by molar-refractivity contribution is 0.326. The van der Waals surface area contributed by atoms with Crippen molar-refractivity contribution in [2.24, 2.45) is 0 Å². The third-order valence-electron chi connectivity index (χ3n) is 2.77. The molecule has 0 aromatic carbocycles. The minimum absolute atomic E-state index is 0.809. The molecule has 0 aromatic heterocycles. The first-order chi connectivity index (χ1) is 6.84. The van der Waals surface area contributed by atoms with Crippen LogP contribution in [0.25, 0.3) is 0 Å². The molecule has 0 unspecified atom stereocenters. The molecule has 1 saturated carbocycles. The molecule has 0 aromatic rings. The largest absolute Gasteiger partial charge is 0.310 e. The van der Waals surface area contributed by atoms with Gasteiger partial charge in [0, 0.05) is 43.7 Å². The molecule has 0 amide bonds. The minimum atomic E-state index is 0.809. The molecule has 2 fully saturated rings. The van der Waals surface area contributed by atoms with Crippen LogP contribution in [0.3, 0.4) is 0 Å². The van der Waals surface area contributed by atoms with Crippen molar-refractivity contribution in [2.75, 3.05) is 37.7 Å². The molecule has 2 nitrogen and oxygen atoms in total. The first kappa shape index (κ1) is 10.5. The molecular weight excluding hydrogens is 192 g/mol. The minimum Gasteiger partial charge on any atom is -0.310 e. The van der Waals surface area contributed by atoms with E-state index in [4.69, 9.17) is 0 Å².